The first-order valence-corrected chi connectivity index (χ1v) is 14.2. The largest absolute Gasteiger partial charge is 0.481 e. The smallest absolute Gasteiger partial charge is 0.260 e. The number of hydrogen-bond donors (Lipinski definition) is 1. The molecule has 1 saturated heterocycles. The van der Waals surface area contributed by atoms with Gasteiger partial charge in [0.25, 0.3) is 5.91 Å². The lowest BCUT2D eigenvalue weighted by Crippen LogP contribution is -2.43. The van der Waals surface area contributed by atoms with Crippen molar-refractivity contribution in [1.82, 2.24) is 15.1 Å². The number of nitrogens with zero attached hydrogens (tertiary/aromatic N) is 2. The molecule has 1 N–H and O–H groups in total. The second-order valence-corrected chi connectivity index (χ2v) is 11.0. The number of hydrogen-bond acceptors (Lipinski definition) is 4. The number of fused-ring (bicyclic) bond motifs is 1. The Morgan fingerprint density at radius 1 is 1.03 bits per heavy atom. The molecule has 0 aromatic heterocycles. The molecule has 0 bridgehead atoms. The van der Waals surface area contributed by atoms with Gasteiger partial charge in [0.1, 0.15) is 5.75 Å². The van der Waals surface area contributed by atoms with Crippen LogP contribution in [-0.4, -0.2) is 60.4 Å². The third-order valence-electron chi connectivity index (χ3n) is 8.30. The minimum absolute atomic E-state index is 0.0924. The fourth-order valence-electron chi connectivity index (χ4n) is 6.26. The van der Waals surface area contributed by atoms with Gasteiger partial charge in [0.2, 0.25) is 5.91 Å². The summed E-state index contributed by atoms with van der Waals surface area (Å²) in [6.07, 6.45) is 7.03. The molecule has 6 nitrogen and oxygen atoms in total. The van der Waals surface area contributed by atoms with Crippen molar-refractivity contribution >= 4 is 11.8 Å². The van der Waals surface area contributed by atoms with Crippen LogP contribution in [0.2, 0.25) is 0 Å². The summed E-state index contributed by atoms with van der Waals surface area (Å²) in [7, 11) is 0. The fourth-order valence-corrected chi connectivity index (χ4v) is 6.26. The van der Waals surface area contributed by atoms with Gasteiger partial charge in [-0.05, 0) is 87.9 Å². The van der Waals surface area contributed by atoms with Crippen molar-refractivity contribution in [2.24, 2.45) is 5.92 Å². The number of ether oxygens (including phenoxy) is 1. The standard InChI is InChI=1S/C31H41N3O3/c1-22-8-7-11-26(20-22)29-28-21-27(37-23(2)30(35)32-15-19-33-16-5-6-17-33)13-12-24(28)14-18-34(29)31(36)25-9-3-4-10-25/h7-8,11-13,20-21,23,25,29H,3-6,9-10,14-19H2,1-2H3,(H,32,35). The van der Waals surface area contributed by atoms with Gasteiger partial charge in [-0.1, -0.05) is 48.7 Å². The van der Waals surface area contributed by atoms with Gasteiger partial charge in [0.15, 0.2) is 6.10 Å². The van der Waals surface area contributed by atoms with Crippen LogP contribution in [0.4, 0.5) is 0 Å². The van der Waals surface area contributed by atoms with Crippen LogP contribution >= 0.6 is 0 Å². The number of amides is 2. The van der Waals surface area contributed by atoms with Crippen molar-refractivity contribution in [3.8, 4) is 5.75 Å². The summed E-state index contributed by atoms with van der Waals surface area (Å²) >= 11 is 0. The molecule has 37 heavy (non-hydrogen) atoms. The molecule has 2 fully saturated rings. The molecule has 5 rings (SSSR count). The average Bonchev–Trinajstić information content (AvgIpc) is 3.62. The van der Waals surface area contributed by atoms with Gasteiger partial charge in [0.05, 0.1) is 6.04 Å². The van der Waals surface area contributed by atoms with Crippen molar-refractivity contribution < 1.29 is 14.3 Å². The highest BCUT2D eigenvalue weighted by Crippen LogP contribution is 2.40. The van der Waals surface area contributed by atoms with Crippen molar-refractivity contribution in [3.63, 3.8) is 0 Å². The van der Waals surface area contributed by atoms with Gasteiger partial charge in [-0.3, -0.25) is 9.59 Å². The highest BCUT2D eigenvalue weighted by atomic mass is 16.5. The minimum atomic E-state index is -0.589. The number of carbonyl (C=O) groups is 2. The number of carbonyl (C=O) groups excluding carboxylic acids is 2. The molecule has 1 saturated carbocycles. The van der Waals surface area contributed by atoms with Gasteiger partial charge in [-0.2, -0.15) is 0 Å². The zero-order chi connectivity index (χ0) is 25.8. The summed E-state index contributed by atoms with van der Waals surface area (Å²) < 4.78 is 6.14. The molecule has 2 atom stereocenters. The van der Waals surface area contributed by atoms with Gasteiger partial charge >= 0.3 is 0 Å². The Hall–Kier alpha value is -2.86. The second kappa shape index (κ2) is 11.7. The molecule has 2 heterocycles. The molecule has 2 amide bonds. The maximum absolute atomic E-state index is 13.7. The predicted octanol–water partition coefficient (Wildman–Crippen LogP) is 4.64. The average molecular weight is 504 g/mol. The third-order valence-corrected chi connectivity index (χ3v) is 8.30. The van der Waals surface area contributed by atoms with E-state index < -0.39 is 6.10 Å². The van der Waals surface area contributed by atoms with Crippen LogP contribution in [-0.2, 0) is 16.0 Å². The molecule has 1 aliphatic carbocycles. The monoisotopic (exact) mass is 503 g/mol. The number of likely N-dealkylation sites (tertiary alicyclic amines) is 1. The molecule has 2 unspecified atom stereocenters. The van der Waals surface area contributed by atoms with Crippen molar-refractivity contribution in [2.75, 3.05) is 32.7 Å². The Morgan fingerprint density at radius 3 is 2.57 bits per heavy atom. The SMILES string of the molecule is Cc1cccc(C2c3cc(OC(C)C(=O)NCCN4CCCC4)ccc3CCN2C(=O)C2CCCC2)c1. The van der Waals surface area contributed by atoms with Gasteiger partial charge in [0, 0.05) is 25.6 Å². The van der Waals surface area contributed by atoms with Crippen molar-refractivity contribution in [1.29, 1.82) is 0 Å². The maximum atomic E-state index is 13.7. The van der Waals surface area contributed by atoms with Crippen LogP contribution in [0.25, 0.3) is 0 Å². The van der Waals surface area contributed by atoms with Crippen molar-refractivity contribution in [2.45, 2.75) is 70.9 Å². The predicted molar refractivity (Wildman–Crippen MR) is 146 cm³/mol. The molecule has 0 radical (unpaired) electrons. The first kappa shape index (κ1) is 25.8. The van der Waals surface area contributed by atoms with Crippen LogP contribution in [0.5, 0.6) is 5.75 Å². The fraction of sp³-hybridized carbons (Fsp3) is 0.548. The molecular formula is C31H41N3O3. The maximum Gasteiger partial charge on any atom is 0.260 e. The summed E-state index contributed by atoms with van der Waals surface area (Å²) in [5.74, 6) is 1.00. The van der Waals surface area contributed by atoms with Crippen LogP contribution in [0.15, 0.2) is 42.5 Å². The van der Waals surface area contributed by atoms with Crippen LogP contribution < -0.4 is 10.1 Å². The van der Waals surface area contributed by atoms with Crippen LogP contribution in [0.3, 0.4) is 0 Å². The van der Waals surface area contributed by atoms with E-state index >= 15 is 0 Å². The summed E-state index contributed by atoms with van der Waals surface area (Å²) in [4.78, 5) is 30.9. The molecule has 0 spiro atoms. The summed E-state index contributed by atoms with van der Waals surface area (Å²) in [6, 6.07) is 14.5. The lowest BCUT2D eigenvalue weighted by atomic mass is 9.86. The highest BCUT2D eigenvalue weighted by Gasteiger charge is 2.36. The Bertz CT molecular complexity index is 1100. The third kappa shape index (κ3) is 6.01. The van der Waals surface area contributed by atoms with Gasteiger partial charge in [-0.25, -0.2) is 0 Å². The first-order chi connectivity index (χ1) is 18.0. The lowest BCUT2D eigenvalue weighted by molar-refractivity contribution is -0.137. The quantitative estimate of drug-likeness (QED) is 0.570. The first-order valence-electron chi connectivity index (χ1n) is 14.2. The summed E-state index contributed by atoms with van der Waals surface area (Å²) in [5, 5.41) is 3.03. The normalized spacial score (nSPS) is 21.0. The van der Waals surface area contributed by atoms with Gasteiger partial charge < -0.3 is 19.9 Å². The summed E-state index contributed by atoms with van der Waals surface area (Å²) in [6.45, 7) is 8.42. The van der Waals surface area contributed by atoms with Crippen LogP contribution in [0, 0.1) is 12.8 Å². The topological polar surface area (TPSA) is 61.9 Å². The van der Waals surface area contributed by atoms with E-state index in [0.29, 0.717) is 12.3 Å². The van der Waals surface area contributed by atoms with E-state index in [-0.39, 0.29) is 23.8 Å². The molecule has 2 aliphatic heterocycles. The van der Waals surface area contributed by atoms with E-state index in [1.54, 1.807) is 6.92 Å². The molecule has 2 aromatic rings. The molecule has 198 valence electrons. The number of benzene rings is 2. The number of rotatable bonds is 8. The van der Waals surface area contributed by atoms with E-state index in [4.69, 9.17) is 4.74 Å². The highest BCUT2D eigenvalue weighted by molar-refractivity contribution is 5.81. The van der Waals surface area contributed by atoms with Crippen molar-refractivity contribution in [3.05, 3.63) is 64.7 Å². The Balaban J connectivity index is 1.34. The molecule has 6 heteroatoms. The van der Waals surface area contributed by atoms with E-state index in [2.05, 4.69) is 58.4 Å². The Labute approximate surface area is 221 Å². The van der Waals surface area contributed by atoms with E-state index in [0.717, 1.165) is 69.4 Å². The zero-order valence-corrected chi connectivity index (χ0v) is 22.4. The van der Waals surface area contributed by atoms with E-state index in [1.165, 1.54) is 24.0 Å². The number of nitrogens with one attached hydrogen (secondary N) is 1. The number of aryl methyl sites for hydroxylation is 1. The molecule has 2 aromatic carbocycles. The van der Waals surface area contributed by atoms with Gasteiger partial charge in [-0.15, -0.1) is 0 Å². The van der Waals surface area contributed by atoms with E-state index in [1.807, 2.05) is 6.07 Å². The lowest BCUT2D eigenvalue weighted by Gasteiger charge is -2.39. The summed E-state index contributed by atoms with van der Waals surface area (Å²) in [5.41, 5.74) is 4.68. The zero-order valence-electron chi connectivity index (χ0n) is 22.4. The Morgan fingerprint density at radius 2 is 1.81 bits per heavy atom. The van der Waals surface area contributed by atoms with Crippen LogP contribution in [0.1, 0.15) is 73.7 Å². The molecular weight excluding hydrogens is 462 g/mol. The minimum Gasteiger partial charge on any atom is -0.481 e. The van der Waals surface area contributed by atoms with E-state index in [9.17, 15) is 9.59 Å². The Kier molecular flexibility index (Phi) is 8.14. The molecule has 3 aliphatic rings. The second-order valence-electron chi connectivity index (χ2n) is 11.0.